The maximum Gasteiger partial charge on any atom is 0.293 e. The highest BCUT2D eigenvalue weighted by Gasteiger charge is 2.26. The molecule has 4 N–H and O–H groups in total. The van der Waals surface area contributed by atoms with E-state index in [0.29, 0.717) is 192 Å². The molecule has 0 bridgehead atoms. The van der Waals surface area contributed by atoms with Gasteiger partial charge in [0.25, 0.3) is 22.2 Å². The van der Waals surface area contributed by atoms with Crippen molar-refractivity contribution in [3.05, 3.63) is 183 Å². The molecule has 4 aliphatic heterocycles. The highest BCUT2D eigenvalue weighted by molar-refractivity contribution is 6.34. The summed E-state index contributed by atoms with van der Waals surface area (Å²) in [7, 11) is 0. The second kappa shape index (κ2) is 59.2. The summed E-state index contributed by atoms with van der Waals surface area (Å²) in [5.41, 5.74) is 4.99. The third-order valence-electron chi connectivity index (χ3n) is 22.2. The third kappa shape index (κ3) is 32.7. The van der Waals surface area contributed by atoms with Crippen LogP contribution < -0.4 is 82.1 Å². The number of halogens is 4. The highest BCUT2D eigenvalue weighted by Crippen LogP contribution is 2.36. The first-order valence-electron chi connectivity index (χ1n) is 50.2. The van der Waals surface area contributed by atoms with Crippen LogP contribution in [0, 0.1) is 0 Å². The van der Waals surface area contributed by atoms with E-state index in [2.05, 4.69) is 103 Å². The molecular formula is C106H140Cl4N20O16. The quantitative estimate of drug-likeness (QED) is 0.0304. The number of aryl methyl sites for hydroxylation is 1. The first kappa shape index (κ1) is 117. The summed E-state index contributed by atoms with van der Waals surface area (Å²) in [5.74, 6) is 4.60. The maximum absolute atomic E-state index is 13.0. The number of nitrogens with zero attached hydrogens (tertiary/aromatic N) is 16. The van der Waals surface area contributed by atoms with E-state index in [0.717, 1.165) is 79.5 Å². The van der Waals surface area contributed by atoms with Crippen LogP contribution in [-0.2, 0) is 44.7 Å². The predicted molar refractivity (Wildman–Crippen MR) is 586 cm³/mol. The number of hydrogen-bond acceptors (Lipinski definition) is 32. The van der Waals surface area contributed by atoms with Crippen molar-refractivity contribution in [3.63, 3.8) is 0 Å². The summed E-state index contributed by atoms with van der Waals surface area (Å²) in [6.07, 6.45) is 11.5. The Hall–Kier alpha value is -12.7. The summed E-state index contributed by atoms with van der Waals surface area (Å²) >= 11 is 25.5. The molecule has 4 saturated heterocycles. The number of hydrogen-bond donors (Lipinski definition) is 4. The number of ether oxygens (including phenoxy) is 8. The van der Waals surface area contributed by atoms with Gasteiger partial charge in [0.1, 0.15) is 46.5 Å². The van der Waals surface area contributed by atoms with Gasteiger partial charge in [0.15, 0.2) is 69.4 Å². The first-order chi connectivity index (χ1) is 70.3. The van der Waals surface area contributed by atoms with Crippen molar-refractivity contribution in [2.75, 3.05) is 173 Å². The van der Waals surface area contributed by atoms with Crippen molar-refractivity contribution in [3.8, 4) is 23.0 Å². The molecule has 788 valence electrons. The Kier molecular flexibility index (Phi) is 47.4. The number of fused-ring (bicyclic) bond motifs is 4. The lowest BCUT2D eigenvalue weighted by atomic mass is 10.1. The monoisotopic (exact) mass is 2090 g/mol. The normalized spacial score (nSPS) is 13.3. The van der Waals surface area contributed by atoms with E-state index in [1.54, 1.807) is 95.0 Å². The van der Waals surface area contributed by atoms with Crippen LogP contribution >= 0.6 is 46.4 Å². The second-order valence-electron chi connectivity index (χ2n) is 34.7. The van der Waals surface area contributed by atoms with E-state index in [4.69, 9.17) is 84.3 Å². The van der Waals surface area contributed by atoms with E-state index in [1.807, 2.05) is 155 Å². The number of morpholine rings is 4. The van der Waals surface area contributed by atoms with Crippen molar-refractivity contribution in [2.24, 2.45) is 0 Å². The summed E-state index contributed by atoms with van der Waals surface area (Å²) in [4.78, 5) is 143. The van der Waals surface area contributed by atoms with Crippen molar-refractivity contribution < 1.29 is 57.1 Å². The number of aromatic nitrogens is 12. The van der Waals surface area contributed by atoms with E-state index < -0.39 is 0 Å². The number of benzene rings is 4. The topological polar surface area (TPSA) is 394 Å². The van der Waals surface area contributed by atoms with Gasteiger partial charge in [-0.15, -0.1) is 0 Å². The maximum atomic E-state index is 13.0. The fraction of sp³-hybridized carbons (Fsp3) is 0.472. The summed E-state index contributed by atoms with van der Waals surface area (Å²) in [6, 6.07) is 28.9. The predicted octanol–water partition coefficient (Wildman–Crippen LogP) is 20.6. The molecule has 12 heterocycles. The van der Waals surface area contributed by atoms with E-state index in [-0.39, 0.29) is 113 Å². The van der Waals surface area contributed by atoms with Gasteiger partial charge in [-0.05, 0) is 146 Å². The van der Waals surface area contributed by atoms with Crippen LogP contribution in [0.4, 0.5) is 69.8 Å². The molecule has 0 radical (unpaired) electrons. The highest BCUT2D eigenvalue weighted by atomic mass is 35.5. The Bertz CT molecular complexity index is 6130. The van der Waals surface area contributed by atoms with Crippen molar-refractivity contribution in [1.82, 2.24) is 58.1 Å². The lowest BCUT2D eigenvalue weighted by Gasteiger charge is -2.27. The SMILES string of the molecule is CC.CCC.CCC.CCC.CCC(=O)COc1cc2cc(Nc3nc(N4CCOCC4)ncc3Cl)ccc2n(C(C)C)c1=O.CCC(=O)COc1cc2cc(Nc3nc(N4CCOCC4)ncc3Cl)ccc2n(C(C)C)c1=O.CCC(=O)COc1cc2cc(Nc3nc(N4CCOCC4)ncc3Cl)ccc2n(C(C)C)c1=O.CCC(=O)COc1cc2cc(Nc3nc(N4CCOCC4)ncc3Cl)ccc2n(CC)c1=O. The minimum atomic E-state index is -0.263. The number of rotatable bonds is 32. The minimum Gasteiger partial charge on any atom is -0.480 e. The van der Waals surface area contributed by atoms with Crippen LogP contribution in [0.5, 0.6) is 23.0 Å². The number of ketones is 4. The zero-order chi connectivity index (χ0) is 106. The van der Waals surface area contributed by atoms with Crippen molar-refractivity contribution >= 4 is 183 Å². The summed E-state index contributed by atoms with van der Waals surface area (Å²) in [6.45, 7) is 48.0. The number of anilines is 12. The van der Waals surface area contributed by atoms with Gasteiger partial charge in [-0.3, -0.25) is 38.4 Å². The molecule has 4 aliphatic rings. The fourth-order valence-electron chi connectivity index (χ4n) is 14.9. The Morgan fingerprint density at radius 1 is 0.322 bits per heavy atom. The number of nitrogens with one attached hydrogen (secondary N) is 4. The van der Waals surface area contributed by atoms with Gasteiger partial charge < -0.3 is 97.0 Å². The number of carbonyl (C=O) groups excluding carboxylic acids is 4. The van der Waals surface area contributed by atoms with Crippen molar-refractivity contribution in [2.45, 2.75) is 201 Å². The van der Waals surface area contributed by atoms with E-state index >= 15 is 0 Å². The Morgan fingerprint density at radius 3 is 0.733 bits per heavy atom. The molecule has 40 heteroatoms. The van der Waals surface area contributed by atoms with Crippen molar-refractivity contribution in [1.29, 1.82) is 0 Å². The smallest absolute Gasteiger partial charge is 0.293 e. The number of Topliss-reactive ketones (excluding diaryl/α,β-unsaturated/α-hetero) is 4. The van der Waals surface area contributed by atoms with Crippen LogP contribution in [0.15, 0.2) is 141 Å². The molecule has 0 aliphatic carbocycles. The molecule has 8 aromatic heterocycles. The molecule has 4 fully saturated rings. The van der Waals surface area contributed by atoms with Gasteiger partial charge in [0.2, 0.25) is 23.8 Å². The number of carbonyl (C=O) groups is 4. The largest absolute Gasteiger partial charge is 0.480 e. The van der Waals surface area contributed by atoms with Gasteiger partial charge in [0.05, 0.1) is 99.7 Å². The Morgan fingerprint density at radius 2 is 0.527 bits per heavy atom. The molecule has 12 aromatic rings. The molecule has 36 nitrogen and oxygen atoms in total. The van der Waals surface area contributed by atoms with Crippen LogP contribution in [0.1, 0.15) is 195 Å². The van der Waals surface area contributed by atoms with Gasteiger partial charge in [0, 0.05) is 147 Å². The zero-order valence-electron chi connectivity index (χ0n) is 87.3. The minimum absolute atomic E-state index is 0.0672. The van der Waals surface area contributed by atoms with Crippen LogP contribution in [0.25, 0.3) is 43.6 Å². The van der Waals surface area contributed by atoms with E-state index in [1.165, 1.54) is 19.3 Å². The molecule has 0 spiro atoms. The molecular weight excluding hydrogens is 1950 g/mol. The van der Waals surface area contributed by atoms with Crippen LogP contribution in [-0.4, -0.2) is 213 Å². The molecule has 4 aromatic carbocycles. The molecule has 0 amide bonds. The second-order valence-corrected chi connectivity index (χ2v) is 36.3. The Balaban J connectivity index is 0.000000209. The average molecular weight is 2090 g/mol. The molecule has 0 atom stereocenters. The third-order valence-corrected chi connectivity index (χ3v) is 23.3. The van der Waals surface area contributed by atoms with Gasteiger partial charge >= 0.3 is 0 Å². The Labute approximate surface area is 872 Å². The summed E-state index contributed by atoms with van der Waals surface area (Å²) in [5, 5.41) is 17.8. The zero-order valence-corrected chi connectivity index (χ0v) is 90.3. The standard InChI is InChI=1S/3C24H28ClN5O4.C23H26ClN5O4.3C3H8.C2H6/c3*1-4-18(31)14-34-21-12-16-11-17(5-6-20(16)30(15(2)3)23(21)32)27-22-19(25)13-26-24(28-22)29-7-9-33-10-8-29;1-3-17(30)14-33-20-12-15-11-16(5-6-19(15)29(4-2)22(20)31)26-21-18(24)13-25-23(27-21)28-7-9-32-10-8-28;3*1-3-2;1-2/h3*5-6,11-13,15H,4,7-10,14H2,1-3H3,(H,26,27,28);5-6,11-13H,3-4,7-10,14H2,1-2H3,(H,25,26,27);3*3H2,1-2H3;1-2H3. The van der Waals surface area contributed by atoms with Crippen LogP contribution in [0.3, 0.4) is 0 Å². The lowest BCUT2D eigenvalue weighted by Crippen LogP contribution is -2.37. The van der Waals surface area contributed by atoms with E-state index in [9.17, 15) is 38.4 Å². The lowest BCUT2D eigenvalue weighted by molar-refractivity contribution is -0.121. The molecule has 0 saturated carbocycles. The van der Waals surface area contributed by atoms with Gasteiger partial charge in [-0.2, -0.15) is 19.9 Å². The van der Waals surface area contributed by atoms with Gasteiger partial charge in [-0.25, -0.2) is 19.9 Å². The fourth-order valence-corrected chi connectivity index (χ4v) is 15.5. The van der Waals surface area contributed by atoms with Crippen LogP contribution in [0.2, 0.25) is 20.1 Å². The van der Waals surface area contributed by atoms with Gasteiger partial charge in [-0.1, -0.05) is 149 Å². The average Bonchev–Trinajstić information content (AvgIpc) is 0.774. The molecule has 0 unspecified atom stereocenters. The first-order valence-corrected chi connectivity index (χ1v) is 51.7. The molecule has 146 heavy (non-hydrogen) atoms. The molecule has 16 rings (SSSR count). The summed E-state index contributed by atoms with van der Waals surface area (Å²) < 4.78 is 50.5. The number of pyridine rings is 4.